The monoisotopic (exact) mass is 567 g/mol. The van der Waals surface area contributed by atoms with Crippen LogP contribution in [-0.2, 0) is 16.6 Å². The molecule has 1 amide bonds. The summed E-state index contributed by atoms with van der Waals surface area (Å²) in [5, 5.41) is 0.504. The Kier molecular flexibility index (Phi) is 8.34. The lowest BCUT2D eigenvalue weighted by Crippen LogP contribution is -2.41. The molecule has 4 aromatic rings. The Hall–Kier alpha value is -3.21. The molecule has 0 atom stereocenters. The molecular formula is C29H33N3O5S2. The second kappa shape index (κ2) is 11.9. The fraction of sp³-hybridized carbons (Fsp3) is 0.379. The molecule has 0 spiro atoms. The van der Waals surface area contributed by atoms with Gasteiger partial charge in [-0.05, 0) is 68.3 Å². The first-order valence-electron chi connectivity index (χ1n) is 13.4. The smallest absolute Gasteiger partial charge is 0.260 e. The van der Waals surface area contributed by atoms with Gasteiger partial charge in [-0.2, -0.15) is 4.31 Å². The Labute approximate surface area is 233 Å². The van der Waals surface area contributed by atoms with E-state index in [0.717, 1.165) is 36.8 Å². The molecule has 1 aliphatic carbocycles. The van der Waals surface area contributed by atoms with Crippen molar-refractivity contribution in [2.75, 3.05) is 18.1 Å². The average Bonchev–Trinajstić information content (AvgIpc) is 3.63. The van der Waals surface area contributed by atoms with Gasteiger partial charge in [0.2, 0.25) is 10.0 Å². The number of amides is 1. The van der Waals surface area contributed by atoms with Crippen LogP contribution in [0.4, 0.5) is 5.13 Å². The number of nitrogens with zero attached hydrogens (tertiary/aromatic N) is 3. The second-order valence-corrected chi connectivity index (χ2v) is 12.4. The molecule has 1 aliphatic rings. The van der Waals surface area contributed by atoms with E-state index >= 15 is 0 Å². The Balaban J connectivity index is 1.45. The van der Waals surface area contributed by atoms with Crippen molar-refractivity contribution in [2.45, 2.75) is 63.4 Å². The number of hydrogen-bond donors (Lipinski definition) is 0. The maximum Gasteiger partial charge on any atom is 0.260 e. The van der Waals surface area contributed by atoms with Gasteiger partial charge in [-0.25, -0.2) is 13.4 Å². The van der Waals surface area contributed by atoms with Crippen LogP contribution in [0.1, 0.15) is 62.1 Å². The Morgan fingerprint density at radius 1 is 1.05 bits per heavy atom. The summed E-state index contributed by atoms with van der Waals surface area (Å²) < 4.78 is 40.8. The van der Waals surface area contributed by atoms with Gasteiger partial charge in [0.05, 0.1) is 29.0 Å². The Bertz CT molecular complexity index is 1510. The number of sulfonamides is 1. The molecule has 0 aliphatic heterocycles. The van der Waals surface area contributed by atoms with E-state index < -0.39 is 10.0 Å². The number of benzene rings is 2. The summed E-state index contributed by atoms with van der Waals surface area (Å²) in [4.78, 5) is 20.3. The highest BCUT2D eigenvalue weighted by Gasteiger charge is 2.31. The van der Waals surface area contributed by atoms with Crippen LogP contribution in [0.3, 0.4) is 0 Å². The molecular weight excluding hydrogens is 534 g/mol. The molecule has 0 radical (unpaired) electrons. The van der Waals surface area contributed by atoms with Crippen LogP contribution >= 0.6 is 11.3 Å². The first kappa shape index (κ1) is 27.4. The third kappa shape index (κ3) is 5.73. The van der Waals surface area contributed by atoms with Crippen molar-refractivity contribution in [3.63, 3.8) is 0 Å². The standard InChI is InChI=1S/C29H33N3O5S2/c1-3-32(22-10-6-5-7-11-22)39(34,35)24-17-15-21(16-18-24)28(33)31(20-23-12-9-19-37-23)29-30-27-25(36-4-2)13-8-14-26(27)38-29/h8-9,12-19,22H,3-7,10-11,20H2,1-2H3. The van der Waals surface area contributed by atoms with E-state index in [1.165, 1.54) is 23.5 Å². The predicted molar refractivity (Wildman–Crippen MR) is 153 cm³/mol. The molecule has 1 saturated carbocycles. The summed E-state index contributed by atoms with van der Waals surface area (Å²) in [6.07, 6.45) is 6.59. The van der Waals surface area contributed by atoms with Gasteiger partial charge in [0.15, 0.2) is 5.13 Å². The zero-order valence-electron chi connectivity index (χ0n) is 22.2. The quantitative estimate of drug-likeness (QED) is 0.218. The van der Waals surface area contributed by atoms with E-state index in [4.69, 9.17) is 14.1 Å². The minimum atomic E-state index is -3.67. The van der Waals surface area contributed by atoms with E-state index in [1.54, 1.807) is 39.7 Å². The lowest BCUT2D eigenvalue weighted by molar-refractivity contribution is 0.0983. The fourth-order valence-electron chi connectivity index (χ4n) is 5.14. The summed E-state index contributed by atoms with van der Waals surface area (Å²) in [5.74, 6) is 0.973. The van der Waals surface area contributed by atoms with Gasteiger partial charge in [-0.1, -0.05) is 43.6 Å². The van der Waals surface area contributed by atoms with Gasteiger partial charge >= 0.3 is 0 Å². The van der Waals surface area contributed by atoms with Gasteiger partial charge in [-0.15, -0.1) is 0 Å². The van der Waals surface area contributed by atoms with E-state index in [2.05, 4.69) is 0 Å². The average molecular weight is 568 g/mol. The summed E-state index contributed by atoms with van der Waals surface area (Å²) in [5.41, 5.74) is 1.06. The topological polar surface area (TPSA) is 92.9 Å². The molecule has 39 heavy (non-hydrogen) atoms. The van der Waals surface area contributed by atoms with Crippen molar-refractivity contribution >= 4 is 42.6 Å². The van der Waals surface area contributed by atoms with Crippen molar-refractivity contribution in [1.82, 2.24) is 9.29 Å². The number of anilines is 1. The van der Waals surface area contributed by atoms with Crippen LogP contribution in [0.2, 0.25) is 0 Å². The number of aromatic nitrogens is 1. The minimum absolute atomic E-state index is 0.0273. The van der Waals surface area contributed by atoms with Crippen LogP contribution < -0.4 is 9.64 Å². The molecule has 0 unspecified atom stereocenters. The number of para-hydroxylation sites is 1. The number of hydrogen-bond acceptors (Lipinski definition) is 7. The van der Waals surface area contributed by atoms with Gasteiger partial charge in [-0.3, -0.25) is 9.69 Å². The van der Waals surface area contributed by atoms with Crippen LogP contribution in [-0.4, -0.2) is 42.8 Å². The maximum absolute atomic E-state index is 13.8. The first-order valence-corrected chi connectivity index (χ1v) is 15.7. The van der Waals surface area contributed by atoms with Crippen LogP contribution in [0.25, 0.3) is 10.2 Å². The molecule has 2 aromatic heterocycles. The zero-order chi connectivity index (χ0) is 27.4. The summed E-state index contributed by atoms with van der Waals surface area (Å²) in [6.45, 7) is 4.91. The number of carbonyl (C=O) groups excluding carboxylic acids is 1. The molecule has 0 bridgehead atoms. The zero-order valence-corrected chi connectivity index (χ0v) is 23.8. The maximum atomic E-state index is 13.8. The van der Waals surface area contributed by atoms with Crippen molar-refractivity contribution < 1.29 is 22.4 Å². The van der Waals surface area contributed by atoms with Crippen molar-refractivity contribution in [3.05, 3.63) is 72.2 Å². The van der Waals surface area contributed by atoms with Gasteiger partial charge in [0.25, 0.3) is 5.91 Å². The molecule has 0 saturated heterocycles. The molecule has 10 heteroatoms. The molecule has 5 rings (SSSR count). The van der Waals surface area contributed by atoms with Gasteiger partial charge < -0.3 is 9.15 Å². The highest BCUT2D eigenvalue weighted by molar-refractivity contribution is 7.89. The summed E-state index contributed by atoms with van der Waals surface area (Å²) >= 11 is 1.39. The highest BCUT2D eigenvalue weighted by Crippen LogP contribution is 2.36. The number of carbonyl (C=O) groups is 1. The summed E-state index contributed by atoms with van der Waals surface area (Å²) in [6, 6.07) is 15.5. The van der Waals surface area contributed by atoms with E-state index in [9.17, 15) is 13.2 Å². The number of fused-ring (bicyclic) bond motifs is 1. The molecule has 0 N–H and O–H groups in total. The normalized spacial score (nSPS) is 14.6. The highest BCUT2D eigenvalue weighted by atomic mass is 32.2. The van der Waals surface area contributed by atoms with Crippen LogP contribution in [0.5, 0.6) is 5.75 Å². The van der Waals surface area contributed by atoms with E-state index in [0.29, 0.717) is 40.9 Å². The number of ether oxygens (including phenoxy) is 1. The first-order chi connectivity index (χ1) is 18.9. The molecule has 8 nitrogen and oxygen atoms in total. The SMILES string of the molecule is CCOc1cccc2sc(N(Cc3ccco3)C(=O)c3ccc(S(=O)(=O)N(CC)C4CCCCC4)cc3)nc12. The van der Waals surface area contributed by atoms with Crippen LogP contribution in [0.15, 0.2) is 70.2 Å². The molecule has 2 aromatic carbocycles. The lowest BCUT2D eigenvalue weighted by Gasteiger charge is -2.32. The molecule has 206 valence electrons. The van der Waals surface area contributed by atoms with Gasteiger partial charge in [0.1, 0.15) is 17.0 Å². The summed E-state index contributed by atoms with van der Waals surface area (Å²) in [7, 11) is -3.67. The largest absolute Gasteiger partial charge is 0.492 e. The number of thiazole rings is 1. The van der Waals surface area contributed by atoms with Crippen LogP contribution in [0, 0.1) is 0 Å². The van der Waals surface area contributed by atoms with Gasteiger partial charge in [0, 0.05) is 18.2 Å². The predicted octanol–water partition coefficient (Wildman–Crippen LogP) is 6.48. The van der Waals surface area contributed by atoms with Crippen molar-refractivity contribution in [3.8, 4) is 5.75 Å². The van der Waals surface area contributed by atoms with E-state index in [-0.39, 0.29) is 23.4 Å². The fourth-order valence-corrected chi connectivity index (χ4v) is 7.81. The molecule has 2 heterocycles. The molecule has 1 fully saturated rings. The second-order valence-electron chi connectivity index (χ2n) is 9.53. The van der Waals surface area contributed by atoms with E-state index in [1.807, 2.05) is 32.0 Å². The van der Waals surface area contributed by atoms with Crippen molar-refractivity contribution in [1.29, 1.82) is 0 Å². The Morgan fingerprint density at radius 2 is 1.82 bits per heavy atom. The minimum Gasteiger partial charge on any atom is -0.492 e. The third-order valence-electron chi connectivity index (χ3n) is 7.04. The number of rotatable bonds is 10. The van der Waals surface area contributed by atoms with Crippen molar-refractivity contribution in [2.24, 2.45) is 0 Å². The number of furan rings is 1. The lowest BCUT2D eigenvalue weighted by atomic mass is 9.95. The Morgan fingerprint density at radius 3 is 2.49 bits per heavy atom. The third-order valence-corrected chi connectivity index (χ3v) is 10.1.